The first-order valence-corrected chi connectivity index (χ1v) is 9.37. The zero-order valence-corrected chi connectivity index (χ0v) is 15.2. The van der Waals surface area contributed by atoms with Gasteiger partial charge >= 0.3 is 0 Å². The van der Waals surface area contributed by atoms with E-state index in [4.69, 9.17) is 0 Å². The number of fused-ring (bicyclic) bond motifs is 2. The summed E-state index contributed by atoms with van der Waals surface area (Å²) in [5.74, 6) is -0.512. The van der Waals surface area contributed by atoms with Crippen molar-refractivity contribution in [2.24, 2.45) is 11.8 Å². The van der Waals surface area contributed by atoms with Gasteiger partial charge in [-0.1, -0.05) is 0 Å². The molecule has 1 amide bonds. The normalized spacial score (nSPS) is 25.1. The number of anilines is 1. The molecule has 2 fully saturated rings. The summed E-state index contributed by atoms with van der Waals surface area (Å²) in [7, 11) is 0. The topological polar surface area (TPSA) is 116 Å². The van der Waals surface area contributed by atoms with Gasteiger partial charge in [-0.25, -0.2) is 18.7 Å². The fourth-order valence-electron chi connectivity index (χ4n) is 4.12. The summed E-state index contributed by atoms with van der Waals surface area (Å²) in [6.07, 6.45) is 2.78. The van der Waals surface area contributed by atoms with Gasteiger partial charge in [0, 0.05) is 12.1 Å². The number of nitrogens with zero attached hydrogens (tertiary/aromatic N) is 3. The molecule has 0 saturated heterocycles. The third kappa shape index (κ3) is 3.19. The van der Waals surface area contributed by atoms with Crippen molar-refractivity contribution in [3.05, 3.63) is 47.4 Å². The van der Waals surface area contributed by atoms with Gasteiger partial charge in [-0.15, -0.1) is 0 Å². The molecule has 2 aromatic heterocycles. The first-order valence-electron chi connectivity index (χ1n) is 9.37. The van der Waals surface area contributed by atoms with E-state index < -0.39 is 23.6 Å². The summed E-state index contributed by atoms with van der Waals surface area (Å²) in [5, 5.41) is 23.2. The van der Waals surface area contributed by atoms with Crippen LogP contribution in [-0.4, -0.2) is 43.3 Å². The van der Waals surface area contributed by atoms with Gasteiger partial charge in [0.15, 0.2) is 11.3 Å². The Balaban J connectivity index is 1.38. The van der Waals surface area contributed by atoms with Crippen molar-refractivity contribution in [2.45, 2.75) is 31.5 Å². The Morgan fingerprint density at radius 2 is 2.14 bits per heavy atom. The summed E-state index contributed by atoms with van der Waals surface area (Å²) in [4.78, 5) is 21.0. The van der Waals surface area contributed by atoms with E-state index in [9.17, 15) is 18.7 Å². The van der Waals surface area contributed by atoms with Gasteiger partial charge in [-0.3, -0.25) is 9.89 Å². The van der Waals surface area contributed by atoms with Crippen LogP contribution in [0.4, 0.5) is 14.6 Å². The second-order valence-corrected chi connectivity index (χ2v) is 7.57. The molecular formula is C19H18F2N6O2. The number of halogens is 2. The second kappa shape index (κ2) is 6.73. The zero-order chi connectivity index (χ0) is 20.1. The van der Waals surface area contributed by atoms with Gasteiger partial charge in [0.05, 0.1) is 17.5 Å². The van der Waals surface area contributed by atoms with Crippen LogP contribution in [0.1, 0.15) is 28.9 Å². The van der Waals surface area contributed by atoms with Gasteiger partial charge in [-0.2, -0.15) is 5.10 Å². The number of aromatic nitrogens is 4. The third-order valence-corrected chi connectivity index (χ3v) is 5.73. The van der Waals surface area contributed by atoms with Gasteiger partial charge in [-0.05, 0) is 42.9 Å². The van der Waals surface area contributed by atoms with Crippen LogP contribution in [0.15, 0.2) is 24.5 Å². The van der Waals surface area contributed by atoms with Crippen LogP contribution in [0.5, 0.6) is 0 Å². The van der Waals surface area contributed by atoms with E-state index in [1.165, 1.54) is 6.33 Å². The molecule has 0 bridgehead atoms. The van der Waals surface area contributed by atoms with Crippen LogP contribution in [0.2, 0.25) is 0 Å². The van der Waals surface area contributed by atoms with Crippen molar-refractivity contribution in [1.82, 2.24) is 25.5 Å². The zero-order valence-electron chi connectivity index (χ0n) is 15.2. The number of carbonyl (C=O) groups is 1. The van der Waals surface area contributed by atoms with Crippen LogP contribution in [0.3, 0.4) is 0 Å². The van der Waals surface area contributed by atoms with Crippen molar-refractivity contribution in [2.75, 3.05) is 5.32 Å². The number of amides is 1. The Kier molecular flexibility index (Phi) is 4.16. The molecule has 3 aromatic rings. The highest BCUT2D eigenvalue weighted by molar-refractivity contribution is 6.07. The Morgan fingerprint density at radius 3 is 2.93 bits per heavy atom. The predicted octanol–water partition coefficient (Wildman–Crippen LogP) is 1.74. The number of aliphatic hydroxyl groups is 1. The highest BCUT2D eigenvalue weighted by Gasteiger charge is 2.53. The van der Waals surface area contributed by atoms with Crippen molar-refractivity contribution in [3.8, 4) is 0 Å². The highest BCUT2D eigenvalue weighted by atomic mass is 19.1. The lowest BCUT2D eigenvalue weighted by Gasteiger charge is -2.20. The molecule has 150 valence electrons. The molecule has 2 aliphatic carbocycles. The fraction of sp³-hybridized carbons (Fsp3) is 0.368. The number of H-pyrrole nitrogens is 1. The lowest BCUT2D eigenvalue weighted by atomic mass is 10.1. The molecule has 0 unspecified atom stereocenters. The van der Waals surface area contributed by atoms with Crippen molar-refractivity contribution < 1.29 is 18.7 Å². The molecule has 8 nitrogen and oxygen atoms in total. The molecule has 2 saturated carbocycles. The van der Waals surface area contributed by atoms with E-state index in [2.05, 4.69) is 30.8 Å². The Morgan fingerprint density at radius 1 is 1.28 bits per heavy atom. The Bertz CT molecular complexity index is 1100. The number of hydrogen-bond acceptors (Lipinski definition) is 6. The molecule has 0 spiro atoms. The molecule has 5 rings (SSSR count). The van der Waals surface area contributed by atoms with Crippen molar-refractivity contribution in [1.29, 1.82) is 0 Å². The summed E-state index contributed by atoms with van der Waals surface area (Å²) in [5.41, 5.74) is 0.431. The average molecular weight is 400 g/mol. The lowest BCUT2D eigenvalue weighted by molar-refractivity contribution is 0.0947. The minimum absolute atomic E-state index is 0.0288. The van der Waals surface area contributed by atoms with Crippen molar-refractivity contribution >= 4 is 22.8 Å². The van der Waals surface area contributed by atoms with Crippen LogP contribution >= 0.6 is 0 Å². The molecule has 2 aliphatic rings. The SMILES string of the molecule is O=C(NCc1cc(F)ccc1F)c1n[nH]c2ncnc(N[C@@H]3C[C@H]4C[C@H]4[C@H]3O)c12. The molecule has 10 heteroatoms. The van der Waals surface area contributed by atoms with Crippen LogP contribution in [0, 0.1) is 23.5 Å². The Labute approximate surface area is 163 Å². The monoisotopic (exact) mass is 400 g/mol. The molecule has 29 heavy (non-hydrogen) atoms. The van der Waals surface area contributed by atoms with Gasteiger partial charge < -0.3 is 15.7 Å². The average Bonchev–Trinajstić information content (AvgIpc) is 3.22. The fourth-order valence-corrected chi connectivity index (χ4v) is 4.12. The number of hydrogen-bond donors (Lipinski definition) is 4. The molecule has 2 heterocycles. The predicted molar refractivity (Wildman–Crippen MR) is 98.8 cm³/mol. The summed E-state index contributed by atoms with van der Waals surface area (Å²) < 4.78 is 27.1. The molecule has 1 aromatic carbocycles. The minimum atomic E-state index is -0.613. The summed E-state index contributed by atoms with van der Waals surface area (Å²) in [6.45, 7) is -0.196. The molecule has 0 radical (unpaired) electrons. The Hall–Kier alpha value is -3.14. The second-order valence-electron chi connectivity index (χ2n) is 7.57. The largest absolute Gasteiger partial charge is 0.391 e. The molecule has 4 atom stereocenters. The van der Waals surface area contributed by atoms with Crippen LogP contribution < -0.4 is 10.6 Å². The highest BCUT2D eigenvalue weighted by Crippen LogP contribution is 2.52. The van der Waals surface area contributed by atoms with E-state index in [-0.39, 0.29) is 23.8 Å². The van der Waals surface area contributed by atoms with E-state index >= 15 is 0 Å². The molecule has 0 aliphatic heterocycles. The van der Waals surface area contributed by atoms with Gasteiger partial charge in [0.25, 0.3) is 5.91 Å². The maximum atomic E-state index is 13.8. The molecular weight excluding hydrogens is 382 g/mol. The summed E-state index contributed by atoms with van der Waals surface area (Å²) >= 11 is 0. The maximum absolute atomic E-state index is 13.8. The quantitative estimate of drug-likeness (QED) is 0.519. The number of nitrogens with one attached hydrogen (secondary N) is 3. The number of aromatic amines is 1. The first-order chi connectivity index (χ1) is 14.0. The van der Waals surface area contributed by atoms with Gasteiger partial charge in [0.2, 0.25) is 0 Å². The lowest BCUT2D eigenvalue weighted by Crippen LogP contribution is -2.32. The smallest absolute Gasteiger partial charge is 0.272 e. The van der Waals surface area contributed by atoms with Gasteiger partial charge in [0.1, 0.15) is 23.8 Å². The standard InChI is InChI=1S/C19H18F2N6O2/c20-10-1-2-12(21)9(3-10)6-22-19(29)15-14-17(23-7-24-18(14)27-26-15)25-13-5-8-4-11(8)16(13)28/h1-3,7-8,11,13,16,28H,4-6H2,(H,22,29)(H2,23,24,25,26,27)/t8-,11-,13-,16-/m1/s1. The number of rotatable bonds is 5. The van der Waals surface area contributed by atoms with E-state index in [1.54, 1.807) is 0 Å². The van der Waals surface area contributed by atoms with E-state index in [1.807, 2.05) is 0 Å². The number of aliphatic hydroxyl groups excluding tert-OH is 1. The number of benzene rings is 1. The third-order valence-electron chi connectivity index (χ3n) is 5.73. The van der Waals surface area contributed by atoms with Crippen molar-refractivity contribution in [3.63, 3.8) is 0 Å². The minimum Gasteiger partial charge on any atom is -0.391 e. The first kappa shape index (κ1) is 17.9. The molecule has 4 N–H and O–H groups in total. The van der Waals surface area contributed by atoms with Crippen LogP contribution in [-0.2, 0) is 6.54 Å². The van der Waals surface area contributed by atoms with Crippen LogP contribution in [0.25, 0.3) is 11.0 Å². The maximum Gasteiger partial charge on any atom is 0.272 e. The summed E-state index contributed by atoms with van der Waals surface area (Å²) in [6, 6.07) is 2.90. The van der Waals surface area contributed by atoms with E-state index in [0.29, 0.717) is 28.7 Å². The number of carbonyl (C=O) groups excluding carboxylic acids is 1. The van der Waals surface area contributed by atoms with E-state index in [0.717, 1.165) is 31.0 Å².